The van der Waals surface area contributed by atoms with Crippen LogP contribution in [0.1, 0.15) is 25.5 Å². The van der Waals surface area contributed by atoms with Crippen LogP contribution in [0.2, 0.25) is 0 Å². The van der Waals surface area contributed by atoms with Gasteiger partial charge in [-0.15, -0.1) is 10.2 Å². The molecule has 3 aromatic rings. The number of thioether (sulfide) groups is 1. The van der Waals surface area contributed by atoms with Gasteiger partial charge in [0.05, 0.1) is 25.7 Å². The fraction of sp³-hybridized carbons (Fsp3) is 0.350. The van der Waals surface area contributed by atoms with Gasteiger partial charge in [0, 0.05) is 12.1 Å². The van der Waals surface area contributed by atoms with Gasteiger partial charge < -0.3 is 19.0 Å². The Bertz CT molecular complexity index is 876. The monoisotopic (exact) mass is 400 g/mol. The maximum absolute atomic E-state index is 12.1. The van der Waals surface area contributed by atoms with Crippen molar-refractivity contribution in [3.8, 4) is 17.1 Å². The number of furan rings is 1. The molecule has 0 aliphatic rings. The Hall–Kier alpha value is -2.74. The van der Waals surface area contributed by atoms with Crippen molar-refractivity contribution in [2.75, 3.05) is 12.9 Å². The first kappa shape index (κ1) is 20.0. The summed E-state index contributed by atoms with van der Waals surface area (Å²) < 4.78 is 12.5. The van der Waals surface area contributed by atoms with Crippen molar-refractivity contribution < 1.29 is 13.9 Å². The van der Waals surface area contributed by atoms with E-state index < -0.39 is 0 Å². The van der Waals surface area contributed by atoms with Gasteiger partial charge in [-0.25, -0.2) is 0 Å². The van der Waals surface area contributed by atoms with Gasteiger partial charge in [-0.3, -0.25) is 4.79 Å². The summed E-state index contributed by atoms with van der Waals surface area (Å²) in [6, 6.07) is 11.4. The number of methoxy groups -OCH3 is 1. The molecule has 1 amide bonds. The summed E-state index contributed by atoms with van der Waals surface area (Å²) in [7, 11) is 1.64. The summed E-state index contributed by atoms with van der Waals surface area (Å²) >= 11 is 1.39. The first-order valence-electron chi connectivity index (χ1n) is 9.20. The standard InChI is InChI=1S/C20H24N4O3S/c1-3-4-11-24-19(15-7-9-16(26-2)10-8-15)22-23-20(24)28-14-18(25)21-13-17-6-5-12-27-17/h5-10,12H,3-4,11,13-14H2,1-2H3,(H,21,25). The highest BCUT2D eigenvalue weighted by atomic mass is 32.2. The van der Waals surface area contributed by atoms with Gasteiger partial charge in [-0.2, -0.15) is 0 Å². The lowest BCUT2D eigenvalue weighted by Crippen LogP contribution is -2.24. The minimum Gasteiger partial charge on any atom is -0.497 e. The molecule has 8 heteroatoms. The molecule has 2 aromatic heterocycles. The molecule has 0 aliphatic heterocycles. The molecule has 0 fully saturated rings. The van der Waals surface area contributed by atoms with Gasteiger partial charge >= 0.3 is 0 Å². The zero-order valence-electron chi connectivity index (χ0n) is 16.1. The molecule has 148 valence electrons. The van der Waals surface area contributed by atoms with Crippen LogP contribution in [0.3, 0.4) is 0 Å². The Morgan fingerprint density at radius 2 is 2.07 bits per heavy atom. The molecule has 0 atom stereocenters. The average Bonchev–Trinajstić information content (AvgIpc) is 3.39. The molecule has 7 nitrogen and oxygen atoms in total. The number of carbonyl (C=O) groups is 1. The van der Waals surface area contributed by atoms with E-state index in [-0.39, 0.29) is 11.7 Å². The number of benzene rings is 1. The van der Waals surface area contributed by atoms with Gasteiger partial charge in [-0.1, -0.05) is 25.1 Å². The van der Waals surface area contributed by atoms with Crippen LogP contribution >= 0.6 is 11.8 Å². The molecular weight excluding hydrogens is 376 g/mol. The van der Waals surface area contributed by atoms with Gasteiger partial charge in [0.1, 0.15) is 11.5 Å². The average molecular weight is 401 g/mol. The summed E-state index contributed by atoms with van der Waals surface area (Å²) in [4.78, 5) is 12.1. The van der Waals surface area contributed by atoms with Gasteiger partial charge in [0.15, 0.2) is 11.0 Å². The van der Waals surface area contributed by atoms with E-state index in [2.05, 4.69) is 27.0 Å². The van der Waals surface area contributed by atoms with Crippen LogP contribution in [0.25, 0.3) is 11.4 Å². The van der Waals surface area contributed by atoms with Crippen LogP contribution in [-0.2, 0) is 17.9 Å². The van der Waals surface area contributed by atoms with Crippen molar-refractivity contribution in [1.82, 2.24) is 20.1 Å². The number of hydrogen-bond donors (Lipinski definition) is 1. The van der Waals surface area contributed by atoms with E-state index in [1.807, 2.05) is 30.3 Å². The van der Waals surface area contributed by atoms with Crippen molar-refractivity contribution >= 4 is 17.7 Å². The molecule has 3 rings (SSSR count). The molecule has 1 aromatic carbocycles. The van der Waals surface area contributed by atoms with E-state index in [9.17, 15) is 4.79 Å². The number of carbonyl (C=O) groups excluding carboxylic acids is 1. The van der Waals surface area contributed by atoms with Crippen LogP contribution in [0.5, 0.6) is 5.75 Å². The molecule has 0 bridgehead atoms. The predicted octanol–water partition coefficient (Wildman–Crippen LogP) is 3.76. The third-order valence-corrected chi connectivity index (χ3v) is 5.14. The van der Waals surface area contributed by atoms with Crippen LogP contribution < -0.4 is 10.1 Å². The molecule has 0 spiro atoms. The normalized spacial score (nSPS) is 10.8. The maximum atomic E-state index is 12.1. The molecular formula is C20H24N4O3S. The van der Waals surface area contributed by atoms with Gasteiger partial charge in [0.2, 0.25) is 5.91 Å². The number of nitrogens with zero attached hydrogens (tertiary/aromatic N) is 3. The van der Waals surface area contributed by atoms with Crippen LogP contribution in [-0.4, -0.2) is 33.5 Å². The van der Waals surface area contributed by atoms with E-state index >= 15 is 0 Å². The molecule has 28 heavy (non-hydrogen) atoms. The highest BCUT2D eigenvalue weighted by Gasteiger charge is 2.15. The van der Waals surface area contributed by atoms with E-state index in [4.69, 9.17) is 9.15 Å². The second-order valence-corrected chi connectivity index (χ2v) is 7.13. The first-order chi connectivity index (χ1) is 13.7. The quantitative estimate of drug-likeness (QED) is 0.522. The Balaban J connectivity index is 1.67. The fourth-order valence-electron chi connectivity index (χ4n) is 2.65. The second-order valence-electron chi connectivity index (χ2n) is 6.18. The number of rotatable bonds is 10. The summed E-state index contributed by atoms with van der Waals surface area (Å²) in [6.45, 7) is 3.33. The third-order valence-electron chi connectivity index (χ3n) is 4.17. The topological polar surface area (TPSA) is 82.2 Å². The SMILES string of the molecule is CCCCn1c(SCC(=O)NCc2ccco2)nnc1-c1ccc(OC)cc1. The van der Waals surface area contributed by atoms with E-state index in [1.54, 1.807) is 19.4 Å². The minimum absolute atomic E-state index is 0.0718. The lowest BCUT2D eigenvalue weighted by Gasteiger charge is -2.10. The van der Waals surface area contributed by atoms with Gasteiger partial charge in [0.25, 0.3) is 0 Å². The van der Waals surface area contributed by atoms with Crippen LogP contribution in [0.4, 0.5) is 0 Å². The predicted molar refractivity (Wildman–Crippen MR) is 108 cm³/mol. The molecule has 0 saturated carbocycles. The third kappa shape index (κ3) is 5.16. The fourth-order valence-corrected chi connectivity index (χ4v) is 3.44. The molecule has 2 heterocycles. The summed E-state index contributed by atoms with van der Waals surface area (Å²) in [5.74, 6) is 2.53. The van der Waals surface area contributed by atoms with E-state index in [1.165, 1.54) is 11.8 Å². The number of nitrogens with one attached hydrogen (secondary N) is 1. The van der Waals surface area contributed by atoms with Crippen molar-refractivity contribution in [2.45, 2.75) is 38.0 Å². The molecule has 0 radical (unpaired) electrons. The zero-order valence-corrected chi connectivity index (χ0v) is 16.9. The number of hydrogen-bond acceptors (Lipinski definition) is 6. The van der Waals surface area contributed by atoms with Crippen molar-refractivity contribution in [1.29, 1.82) is 0 Å². The van der Waals surface area contributed by atoms with E-state index in [0.717, 1.165) is 47.4 Å². The maximum Gasteiger partial charge on any atom is 0.230 e. The number of amides is 1. The molecule has 1 N–H and O–H groups in total. The van der Waals surface area contributed by atoms with Crippen molar-refractivity contribution in [3.05, 3.63) is 48.4 Å². The van der Waals surface area contributed by atoms with Crippen molar-refractivity contribution in [3.63, 3.8) is 0 Å². The van der Waals surface area contributed by atoms with Crippen LogP contribution in [0.15, 0.2) is 52.2 Å². The summed E-state index contributed by atoms with van der Waals surface area (Å²) in [5, 5.41) is 12.3. The molecule has 0 saturated heterocycles. The lowest BCUT2D eigenvalue weighted by molar-refractivity contribution is -0.118. The lowest BCUT2D eigenvalue weighted by atomic mass is 10.2. The van der Waals surface area contributed by atoms with E-state index in [0.29, 0.717) is 6.54 Å². The highest BCUT2D eigenvalue weighted by Crippen LogP contribution is 2.26. The Labute approximate surface area is 168 Å². The Morgan fingerprint density at radius 3 is 2.75 bits per heavy atom. The first-order valence-corrected chi connectivity index (χ1v) is 10.2. The number of ether oxygens (including phenoxy) is 1. The zero-order chi connectivity index (χ0) is 19.8. The second kappa shape index (κ2) is 9.98. The van der Waals surface area contributed by atoms with Crippen molar-refractivity contribution in [2.24, 2.45) is 0 Å². The summed E-state index contributed by atoms with van der Waals surface area (Å²) in [6.07, 6.45) is 3.67. The Kier molecular flexibility index (Phi) is 7.13. The number of unbranched alkanes of at least 4 members (excludes halogenated alkanes) is 1. The summed E-state index contributed by atoms with van der Waals surface area (Å²) in [5.41, 5.74) is 0.971. The Morgan fingerprint density at radius 1 is 1.25 bits per heavy atom. The minimum atomic E-state index is -0.0718. The smallest absolute Gasteiger partial charge is 0.230 e. The van der Waals surface area contributed by atoms with Gasteiger partial charge in [-0.05, 0) is 42.8 Å². The molecule has 0 aliphatic carbocycles. The largest absolute Gasteiger partial charge is 0.497 e. The molecule has 0 unspecified atom stereocenters. The number of aromatic nitrogens is 3. The highest BCUT2D eigenvalue weighted by molar-refractivity contribution is 7.99. The van der Waals surface area contributed by atoms with Crippen LogP contribution in [0, 0.1) is 0 Å².